The lowest BCUT2D eigenvalue weighted by Crippen LogP contribution is -2.48. The number of rotatable bonds is 3. The molecule has 1 heterocycles. The predicted octanol–water partition coefficient (Wildman–Crippen LogP) is 1.75. The summed E-state index contributed by atoms with van der Waals surface area (Å²) in [6, 6.07) is -1.31. The van der Waals surface area contributed by atoms with Crippen molar-refractivity contribution in [2.75, 3.05) is 13.1 Å². The fourth-order valence-electron chi connectivity index (χ4n) is 2.09. The van der Waals surface area contributed by atoms with Crippen LogP contribution in [0.2, 0.25) is 0 Å². The van der Waals surface area contributed by atoms with Crippen LogP contribution in [0, 0.1) is 0 Å². The minimum atomic E-state index is -4.14. The molecule has 2 unspecified atom stereocenters. The Labute approximate surface area is 82.2 Å². The van der Waals surface area contributed by atoms with Gasteiger partial charge in [-0.25, -0.2) is 0 Å². The molecule has 0 radical (unpaired) electrons. The SMILES string of the molecule is CC1CCCN1C(CCN)C(F)(F)F. The van der Waals surface area contributed by atoms with E-state index < -0.39 is 12.2 Å². The number of halogens is 3. The van der Waals surface area contributed by atoms with Crippen molar-refractivity contribution in [2.45, 2.75) is 44.4 Å². The monoisotopic (exact) mass is 210 g/mol. The third-order valence-corrected chi connectivity index (χ3v) is 2.82. The van der Waals surface area contributed by atoms with Crippen LogP contribution in [0.1, 0.15) is 26.2 Å². The Morgan fingerprint density at radius 1 is 1.50 bits per heavy atom. The van der Waals surface area contributed by atoms with Crippen LogP contribution in [0.5, 0.6) is 0 Å². The number of nitrogens with two attached hydrogens (primary N) is 1. The van der Waals surface area contributed by atoms with Gasteiger partial charge in [0.05, 0.1) is 0 Å². The average molecular weight is 210 g/mol. The van der Waals surface area contributed by atoms with Crippen molar-refractivity contribution in [3.63, 3.8) is 0 Å². The van der Waals surface area contributed by atoms with E-state index in [1.165, 1.54) is 4.90 Å². The van der Waals surface area contributed by atoms with Crippen molar-refractivity contribution in [3.05, 3.63) is 0 Å². The van der Waals surface area contributed by atoms with E-state index in [1.54, 1.807) is 0 Å². The summed E-state index contributed by atoms with van der Waals surface area (Å²) in [5.41, 5.74) is 5.21. The van der Waals surface area contributed by atoms with Gasteiger partial charge in [0.25, 0.3) is 0 Å². The Balaban J connectivity index is 2.66. The molecule has 1 saturated heterocycles. The third kappa shape index (κ3) is 2.60. The van der Waals surface area contributed by atoms with Crippen LogP contribution in [0.25, 0.3) is 0 Å². The van der Waals surface area contributed by atoms with Gasteiger partial charge < -0.3 is 5.73 Å². The molecule has 5 heteroatoms. The lowest BCUT2D eigenvalue weighted by molar-refractivity contribution is -0.186. The lowest BCUT2D eigenvalue weighted by Gasteiger charge is -2.32. The van der Waals surface area contributed by atoms with Gasteiger partial charge in [0, 0.05) is 6.04 Å². The Morgan fingerprint density at radius 2 is 2.14 bits per heavy atom. The molecule has 1 aliphatic heterocycles. The summed E-state index contributed by atoms with van der Waals surface area (Å²) in [5.74, 6) is 0. The van der Waals surface area contributed by atoms with Crippen LogP contribution in [-0.2, 0) is 0 Å². The van der Waals surface area contributed by atoms with Gasteiger partial charge >= 0.3 is 6.18 Å². The fraction of sp³-hybridized carbons (Fsp3) is 1.00. The molecule has 0 aromatic rings. The summed E-state index contributed by atoms with van der Waals surface area (Å²) in [6.07, 6.45) is -2.42. The molecule has 0 saturated carbocycles. The van der Waals surface area contributed by atoms with E-state index in [2.05, 4.69) is 0 Å². The summed E-state index contributed by atoms with van der Waals surface area (Å²) in [5, 5.41) is 0. The number of hydrogen-bond donors (Lipinski definition) is 1. The van der Waals surface area contributed by atoms with Crippen molar-refractivity contribution in [1.82, 2.24) is 4.90 Å². The zero-order valence-corrected chi connectivity index (χ0v) is 8.35. The van der Waals surface area contributed by atoms with E-state index in [-0.39, 0.29) is 19.0 Å². The first-order valence-corrected chi connectivity index (χ1v) is 4.99. The smallest absolute Gasteiger partial charge is 0.330 e. The number of nitrogens with zero attached hydrogens (tertiary/aromatic N) is 1. The molecule has 1 rings (SSSR count). The topological polar surface area (TPSA) is 29.3 Å². The first-order chi connectivity index (χ1) is 6.46. The second-order valence-corrected chi connectivity index (χ2v) is 3.86. The highest BCUT2D eigenvalue weighted by Gasteiger charge is 2.45. The van der Waals surface area contributed by atoms with Gasteiger partial charge in [0.2, 0.25) is 0 Å². The maximum Gasteiger partial charge on any atom is 0.404 e. The Morgan fingerprint density at radius 3 is 2.50 bits per heavy atom. The Kier molecular flexibility index (Phi) is 3.78. The maximum atomic E-state index is 12.6. The Bertz CT molecular complexity index is 181. The van der Waals surface area contributed by atoms with Crippen LogP contribution < -0.4 is 5.73 Å². The zero-order chi connectivity index (χ0) is 10.8. The second kappa shape index (κ2) is 4.49. The van der Waals surface area contributed by atoms with Crippen molar-refractivity contribution < 1.29 is 13.2 Å². The average Bonchev–Trinajstić information content (AvgIpc) is 2.45. The minimum Gasteiger partial charge on any atom is -0.330 e. The molecule has 0 amide bonds. The largest absolute Gasteiger partial charge is 0.404 e. The van der Waals surface area contributed by atoms with Crippen molar-refractivity contribution in [1.29, 1.82) is 0 Å². The number of hydrogen-bond acceptors (Lipinski definition) is 2. The van der Waals surface area contributed by atoms with Crippen molar-refractivity contribution in [3.8, 4) is 0 Å². The van der Waals surface area contributed by atoms with E-state index in [0.29, 0.717) is 6.54 Å². The van der Waals surface area contributed by atoms with E-state index in [1.807, 2.05) is 6.92 Å². The van der Waals surface area contributed by atoms with Gasteiger partial charge in [-0.2, -0.15) is 13.2 Å². The molecule has 14 heavy (non-hydrogen) atoms. The molecular weight excluding hydrogens is 193 g/mol. The lowest BCUT2D eigenvalue weighted by atomic mass is 10.1. The molecule has 2 nitrogen and oxygen atoms in total. The van der Waals surface area contributed by atoms with E-state index in [0.717, 1.165) is 12.8 Å². The van der Waals surface area contributed by atoms with E-state index in [4.69, 9.17) is 5.73 Å². The molecule has 84 valence electrons. The van der Waals surface area contributed by atoms with Crippen LogP contribution >= 0.6 is 0 Å². The summed E-state index contributed by atoms with van der Waals surface area (Å²) in [4.78, 5) is 1.53. The summed E-state index contributed by atoms with van der Waals surface area (Å²) >= 11 is 0. The van der Waals surface area contributed by atoms with E-state index in [9.17, 15) is 13.2 Å². The molecular formula is C9H17F3N2. The normalized spacial score (nSPS) is 26.8. The molecule has 0 aliphatic carbocycles. The highest BCUT2D eigenvalue weighted by atomic mass is 19.4. The fourth-order valence-corrected chi connectivity index (χ4v) is 2.09. The summed E-state index contributed by atoms with van der Waals surface area (Å²) < 4.78 is 37.9. The van der Waals surface area contributed by atoms with Crippen LogP contribution in [-0.4, -0.2) is 36.2 Å². The molecule has 2 atom stereocenters. The molecule has 0 aromatic carbocycles. The summed E-state index contributed by atoms with van der Waals surface area (Å²) in [6.45, 7) is 2.49. The quantitative estimate of drug-likeness (QED) is 0.769. The van der Waals surface area contributed by atoms with Crippen LogP contribution in [0.3, 0.4) is 0 Å². The molecule has 1 fully saturated rings. The standard InChI is InChI=1S/C9H17F3N2/c1-7-3-2-6-14(7)8(4-5-13)9(10,11)12/h7-8H,2-6,13H2,1H3. The highest BCUT2D eigenvalue weighted by Crippen LogP contribution is 2.31. The predicted molar refractivity (Wildman–Crippen MR) is 48.9 cm³/mol. The number of alkyl halides is 3. The maximum absolute atomic E-state index is 12.6. The highest BCUT2D eigenvalue weighted by molar-refractivity contribution is 4.86. The minimum absolute atomic E-state index is 0.00778. The molecule has 2 N–H and O–H groups in total. The van der Waals surface area contributed by atoms with Gasteiger partial charge in [0.15, 0.2) is 0 Å². The van der Waals surface area contributed by atoms with Gasteiger partial charge in [-0.05, 0) is 39.3 Å². The molecule has 0 aromatic heterocycles. The Hall–Kier alpha value is -0.290. The second-order valence-electron chi connectivity index (χ2n) is 3.86. The first kappa shape index (κ1) is 11.8. The van der Waals surface area contributed by atoms with Gasteiger partial charge in [0.1, 0.15) is 6.04 Å². The van der Waals surface area contributed by atoms with Gasteiger partial charge in [-0.15, -0.1) is 0 Å². The van der Waals surface area contributed by atoms with E-state index >= 15 is 0 Å². The zero-order valence-electron chi connectivity index (χ0n) is 8.35. The first-order valence-electron chi connectivity index (χ1n) is 4.99. The van der Waals surface area contributed by atoms with Crippen molar-refractivity contribution >= 4 is 0 Å². The van der Waals surface area contributed by atoms with Crippen LogP contribution in [0.15, 0.2) is 0 Å². The summed E-state index contributed by atoms with van der Waals surface area (Å²) in [7, 11) is 0. The van der Waals surface area contributed by atoms with Gasteiger partial charge in [-0.3, -0.25) is 4.90 Å². The number of likely N-dealkylation sites (tertiary alicyclic amines) is 1. The third-order valence-electron chi connectivity index (χ3n) is 2.82. The molecule has 0 bridgehead atoms. The van der Waals surface area contributed by atoms with Crippen molar-refractivity contribution in [2.24, 2.45) is 5.73 Å². The van der Waals surface area contributed by atoms with Gasteiger partial charge in [-0.1, -0.05) is 0 Å². The molecule has 0 spiro atoms. The van der Waals surface area contributed by atoms with Crippen LogP contribution in [0.4, 0.5) is 13.2 Å². The molecule has 1 aliphatic rings.